The van der Waals surface area contributed by atoms with Gasteiger partial charge in [-0.15, -0.1) is 0 Å². The lowest BCUT2D eigenvalue weighted by Crippen LogP contribution is -2.10. The molecule has 2 aromatic heterocycles. The summed E-state index contributed by atoms with van der Waals surface area (Å²) in [5.74, 6) is 0. The molecule has 9 aromatic rings. The van der Waals surface area contributed by atoms with E-state index in [0.29, 0.717) is 0 Å². The van der Waals surface area contributed by atoms with E-state index < -0.39 is 0 Å². The summed E-state index contributed by atoms with van der Waals surface area (Å²) >= 11 is 0. The Morgan fingerprint density at radius 3 is 1.76 bits per heavy atom. The van der Waals surface area contributed by atoms with Crippen molar-refractivity contribution in [2.75, 3.05) is 4.90 Å². The van der Waals surface area contributed by atoms with E-state index >= 15 is 0 Å². The predicted octanol–water partition coefficient (Wildman–Crippen LogP) is 12.3. The van der Waals surface area contributed by atoms with Crippen molar-refractivity contribution in [3.05, 3.63) is 164 Å². The molecule has 9 rings (SSSR count). The first-order chi connectivity index (χ1) is 22.3. The van der Waals surface area contributed by atoms with Crippen LogP contribution >= 0.6 is 0 Å². The third kappa shape index (κ3) is 4.29. The molecule has 0 N–H and O–H groups in total. The zero-order valence-corrected chi connectivity index (χ0v) is 24.4. The lowest BCUT2D eigenvalue weighted by molar-refractivity contribution is 0.668. The van der Waals surface area contributed by atoms with Gasteiger partial charge in [-0.1, -0.05) is 103 Å². The Morgan fingerprint density at radius 1 is 0.333 bits per heavy atom. The second-order valence-electron chi connectivity index (χ2n) is 11.4. The van der Waals surface area contributed by atoms with Crippen molar-refractivity contribution >= 4 is 60.9 Å². The van der Waals surface area contributed by atoms with Crippen molar-refractivity contribution in [1.29, 1.82) is 0 Å². The molecule has 0 aliphatic rings. The normalized spacial score (nSPS) is 11.6. The molecule has 0 bridgehead atoms. The fourth-order valence-corrected chi connectivity index (χ4v) is 6.53. The van der Waals surface area contributed by atoms with Gasteiger partial charge in [0, 0.05) is 27.5 Å². The highest BCUT2D eigenvalue weighted by molar-refractivity contribution is 6.13. The first kappa shape index (κ1) is 25.4. The van der Waals surface area contributed by atoms with Gasteiger partial charge in [0.05, 0.1) is 11.1 Å². The van der Waals surface area contributed by atoms with E-state index in [0.717, 1.165) is 72.1 Å². The van der Waals surface area contributed by atoms with Gasteiger partial charge < -0.3 is 13.7 Å². The summed E-state index contributed by atoms with van der Waals surface area (Å²) in [6.45, 7) is 0. The Labute approximate surface area is 260 Å². The van der Waals surface area contributed by atoms with Gasteiger partial charge in [0.1, 0.15) is 22.3 Å². The van der Waals surface area contributed by atoms with Crippen LogP contribution in [-0.4, -0.2) is 0 Å². The quantitative estimate of drug-likeness (QED) is 0.204. The highest BCUT2D eigenvalue weighted by Crippen LogP contribution is 2.44. The van der Waals surface area contributed by atoms with Crippen LogP contribution in [0.25, 0.3) is 66.1 Å². The number of fused-ring (bicyclic) bond motifs is 6. The first-order valence-corrected chi connectivity index (χ1v) is 15.2. The fourth-order valence-electron chi connectivity index (χ4n) is 6.53. The number of hydrogen-bond acceptors (Lipinski definition) is 3. The SMILES string of the molecule is c1ccc(-c2ccc(N(c3cccc(-c4ccc5oc6ccccc6c5c4)c3)c3cccc4oc5ccccc5c34)cc2)cc1. The summed E-state index contributed by atoms with van der Waals surface area (Å²) in [5, 5.41) is 4.44. The largest absolute Gasteiger partial charge is 0.456 e. The van der Waals surface area contributed by atoms with Crippen molar-refractivity contribution < 1.29 is 8.83 Å². The van der Waals surface area contributed by atoms with Crippen molar-refractivity contribution in [3.63, 3.8) is 0 Å². The monoisotopic (exact) mass is 577 g/mol. The number of rotatable bonds is 5. The molecule has 3 heteroatoms. The molecule has 0 atom stereocenters. The second-order valence-corrected chi connectivity index (χ2v) is 11.4. The minimum atomic E-state index is 0.869. The van der Waals surface area contributed by atoms with Crippen LogP contribution in [0.4, 0.5) is 17.1 Å². The standard InChI is InChI=1S/C42H27NO2/c1-2-10-28(11-3-1)29-20-23-32(24-21-29)43(37-16-9-19-41-42(37)35-15-5-7-18-39(35)45-41)33-13-8-12-30(26-33)31-22-25-40-36(27-31)34-14-4-6-17-38(34)44-40/h1-27H. The van der Waals surface area contributed by atoms with Crippen LogP contribution in [0.5, 0.6) is 0 Å². The van der Waals surface area contributed by atoms with E-state index in [-0.39, 0.29) is 0 Å². The molecule has 7 aromatic carbocycles. The average Bonchev–Trinajstić information content (AvgIpc) is 3.68. The number of para-hydroxylation sites is 2. The van der Waals surface area contributed by atoms with Gasteiger partial charge in [-0.2, -0.15) is 0 Å². The van der Waals surface area contributed by atoms with Crippen molar-refractivity contribution in [3.8, 4) is 22.3 Å². The summed E-state index contributed by atoms with van der Waals surface area (Å²) in [4.78, 5) is 2.34. The van der Waals surface area contributed by atoms with Gasteiger partial charge >= 0.3 is 0 Å². The fraction of sp³-hybridized carbons (Fsp3) is 0. The molecule has 0 aliphatic carbocycles. The van der Waals surface area contributed by atoms with Crippen LogP contribution in [-0.2, 0) is 0 Å². The third-order valence-corrected chi connectivity index (χ3v) is 8.67. The van der Waals surface area contributed by atoms with Crippen LogP contribution in [0.2, 0.25) is 0 Å². The Kier molecular flexibility index (Phi) is 5.82. The second kappa shape index (κ2) is 10.3. The van der Waals surface area contributed by atoms with E-state index in [4.69, 9.17) is 8.83 Å². The summed E-state index contributed by atoms with van der Waals surface area (Å²) in [7, 11) is 0. The van der Waals surface area contributed by atoms with Crippen molar-refractivity contribution in [1.82, 2.24) is 0 Å². The summed E-state index contributed by atoms with van der Waals surface area (Å²) in [6.07, 6.45) is 0. The number of hydrogen-bond donors (Lipinski definition) is 0. The molecule has 0 aliphatic heterocycles. The lowest BCUT2D eigenvalue weighted by Gasteiger charge is -2.27. The van der Waals surface area contributed by atoms with E-state index in [1.165, 1.54) is 11.1 Å². The minimum absolute atomic E-state index is 0.869. The van der Waals surface area contributed by atoms with Gasteiger partial charge in [0.15, 0.2) is 0 Å². The number of nitrogens with zero attached hydrogens (tertiary/aromatic N) is 1. The molecule has 3 nitrogen and oxygen atoms in total. The van der Waals surface area contributed by atoms with Crippen LogP contribution in [0.15, 0.2) is 173 Å². The molecule has 0 saturated carbocycles. The Morgan fingerprint density at radius 2 is 0.911 bits per heavy atom. The Hall–Kier alpha value is -6.06. The molecule has 0 radical (unpaired) electrons. The minimum Gasteiger partial charge on any atom is -0.456 e. The van der Waals surface area contributed by atoms with Gasteiger partial charge in [-0.3, -0.25) is 0 Å². The third-order valence-electron chi connectivity index (χ3n) is 8.67. The summed E-state index contributed by atoms with van der Waals surface area (Å²) < 4.78 is 12.4. The molecule has 0 fully saturated rings. The van der Waals surface area contributed by atoms with E-state index in [9.17, 15) is 0 Å². The maximum absolute atomic E-state index is 6.32. The predicted molar refractivity (Wildman–Crippen MR) is 187 cm³/mol. The molecule has 0 unspecified atom stereocenters. The molecule has 0 amide bonds. The molecule has 212 valence electrons. The first-order valence-electron chi connectivity index (χ1n) is 15.2. The maximum Gasteiger partial charge on any atom is 0.137 e. The molecule has 2 heterocycles. The van der Waals surface area contributed by atoms with Crippen LogP contribution < -0.4 is 4.90 Å². The van der Waals surface area contributed by atoms with E-state index in [2.05, 4.69) is 144 Å². The Bertz CT molecular complexity index is 2490. The molecule has 0 saturated heterocycles. The van der Waals surface area contributed by atoms with Crippen molar-refractivity contribution in [2.45, 2.75) is 0 Å². The number of benzene rings is 7. The van der Waals surface area contributed by atoms with Crippen molar-refractivity contribution in [2.24, 2.45) is 0 Å². The molecule has 0 spiro atoms. The van der Waals surface area contributed by atoms with Gasteiger partial charge in [-0.05, 0) is 82.9 Å². The lowest BCUT2D eigenvalue weighted by atomic mass is 10.0. The highest BCUT2D eigenvalue weighted by Gasteiger charge is 2.20. The van der Waals surface area contributed by atoms with Crippen LogP contribution in [0.3, 0.4) is 0 Å². The van der Waals surface area contributed by atoms with Crippen LogP contribution in [0.1, 0.15) is 0 Å². The Balaban J connectivity index is 1.23. The van der Waals surface area contributed by atoms with Crippen LogP contribution in [0, 0.1) is 0 Å². The topological polar surface area (TPSA) is 29.5 Å². The smallest absolute Gasteiger partial charge is 0.137 e. The van der Waals surface area contributed by atoms with Gasteiger partial charge in [-0.25, -0.2) is 0 Å². The van der Waals surface area contributed by atoms with E-state index in [1.807, 2.05) is 24.3 Å². The molecular weight excluding hydrogens is 550 g/mol. The zero-order valence-electron chi connectivity index (χ0n) is 24.4. The van der Waals surface area contributed by atoms with Gasteiger partial charge in [0.2, 0.25) is 0 Å². The molecule has 45 heavy (non-hydrogen) atoms. The highest BCUT2D eigenvalue weighted by atomic mass is 16.3. The summed E-state index contributed by atoms with van der Waals surface area (Å²) in [5.41, 5.74) is 11.4. The van der Waals surface area contributed by atoms with Gasteiger partial charge in [0.25, 0.3) is 0 Å². The summed E-state index contributed by atoms with van der Waals surface area (Å²) in [6, 6.07) is 57.4. The maximum atomic E-state index is 6.32. The number of anilines is 3. The molecular formula is C42H27NO2. The number of furan rings is 2. The zero-order chi connectivity index (χ0) is 29.7. The average molecular weight is 578 g/mol. The van der Waals surface area contributed by atoms with E-state index in [1.54, 1.807) is 0 Å².